The molecule has 1 aromatic carbocycles. The molecule has 0 bridgehead atoms. The summed E-state index contributed by atoms with van der Waals surface area (Å²) >= 11 is 0. The fourth-order valence-corrected chi connectivity index (χ4v) is 4.96. The second-order valence-corrected chi connectivity index (χ2v) is 8.13. The van der Waals surface area contributed by atoms with Crippen LogP contribution < -0.4 is 5.32 Å². The van der Waals surface area contributed by atoms with Crippen molar-refractivity contribution in [1.29, 1.82) is 5.26 Å². The molecule has 1 N–H and O–H groups in total. The molecule has 28 heavy (non-hydrogen) atoms. The number of hydrogen-bond donors (Lipinski definition) is 1. The van der Waals surface area contributed by atoms with Gasteiger partial charge < -0.3 is 14.8 Å². The molecule has 2 atom stereocenters. The van der Waals surface area contributed by atoms with Gasteiger partial charge in [-0.05, 0) is 82.0 Å². The molecule has 2 aliphatic heterocycles. The Bertz CT molecular complexity index is 888. The van der Waals surface area contributed by atoms with Crippen molar-refractivity contribution in [2.45, 2.75) is 70.5 Å². The zero-order valence-electron chi connectivity index (χ0n) is 16.8. The Labute approximate surface area is 167 Å². The molecule has 1 amide bonds. The van der Waals surface area contributed by atoms with E-state index in [4.69, 9.17) is 0 Å². The van der Waals surface area contributed by atoms with Crippen LogP contribution in [-0.2, 0) is 17.8 Å². The van der Waals surface area contributed by atoms with Crippen molar-refractivity contribution in [3.05, 3.63) is 35.5 Å². The van der Waals surface area contributed by atoms with Crippen LogP contribution in [0.1, 0.15) is 56.7 Å². The van der Waals surface area contributed by atoms with Crippen LogP contribution in [0.4, 0.5) is 0 Å². The topological polar surface area (TPSA) is 61.1 Å². The first-order valence-electron chi connectivity index (χ1n) is 10.8. The lowest BCUT2D eigenvalue weighted by Crippen LogP contribution is -2.50. The number of carbonyl (C=O) groups is 1. The highest BCUT2D eigenvalue weighted by Crippen LogP contribution is 2.26. The van der Waals surface area contributed by atoms with Crippen LogP contribution in [0.3, 0.4) is 0 Å². The predicted molar refractivity (Wildman–Crippen MR) is 111 cm³/mol. The standard InChI is InChI=1S/C23H30N4O/c1-2-26-20(15-18-9-8-17(16-24)14-22(18)26)11-10-19-6-3-4-13-27(19)23(28)21-7-5-12-25-21/h8-9,14-15,19,21,25H,2-7,10-13H2,1H3/t19-,21+/m0/s1. The van der Waals surface area contributed by atoms with Crippen molar-refractivity contribution in [3.63, 3.8) is 0 Å². The maximum absolute atomic E-state index is 13.0. The Morgan fingerprint density at radius 1 is 1.25 bits per heavy atom. The molecule has 0 saturated carbocycles. The van der Waals surface area contributed by atoms with Crippen LogP contribution in [0.25, 0.3) is 10.9 Å². The number of piperidine rings is 1. The number of rotatable bonds is 5. The molecule has 2 aliphatic rings. The van der Waals surface area contributed by atoms with E-state index in [2.05, 4.69) is 33.8 Å². The number of aryl methyl sites for hydroxylation is 2. The summed E-state index contributed by atoms with van der Waals surface area (Å²) < 4.78 is 2.32. The second-order valence-electron chi connectivity index (χ2n) is 8.13. The molecule has 2 saturated heterocycles. The van der Waals surface area contributed by atoms with Crippen molar-refractivity contribution in [1.82, 2.24) is 14.8 Å². The maximum atomic E-state index is 13.0. The SMILES string of the molecule is CCn1c(CC[C@@H]2CCCCN2C(=O)[C@H]2CCCN2)cc2ccc(C#N)cc21. The number of nitrogens with zero attached hydrogens (tertiary/aromatic N) is 3. The van der Waals surface area contributed by atoms with E-state index in [0.717, 1.165) is 63.7 Å². The third-order valence-corrected chi connectivity index (χ3v) is 6.44. The molecule has 2 aromatic rings. The highest BCUT2D eigenvalue weighted by Gasteiger charge is 2.32. The molecular formula is C23H30N4O. The molecule has 4 rings (SSSR count). The molecule has 2 fully saturated rings. The summed E-state index contributed by atoms with van der Waals surface area (Å²) in [6.45, 7) is 4.93. The molecule has 3 heterocycles. The van der Waals surface area contributed by atoms with Gasteiger partial charge in [-0.1, -0.05) is 6.07 Å². The zero-order valence-corrected chi connectivity index (χ0v) is 16.8. The Balaban J connectivity index is 1.50. The van der Waals surface area contributed by atoms with Gasteiger partial charge in [0.05, 0.1) is 17.7 Å². The van der Waals surface area contributed by atoms with Crippen LogP contribution in [0.5, 0.6) is 0 Å². The lowest BCUT2D eigenvalue weighted by atomic mass is 9.96. The third kappa shape index (κ3) is 3.66. The first-order chi connectivity index (χ1) is 13.7. The van der Waals surface area contributed by atoms with Gasteiger partial charge in [0.15, 0.2) is 0 Å². The van der Waals surface area contributed by atoms with Gasteiger partial charge in [-0.3, -0.25) is 4.79 Å². The quantitative estimate of drug-likeness (QED) is 0.865. The summed E-state index contributed by atoms with van der Waals surface area (Å²) in [4.78, 5) is 15.2. The average molecular weight is 379 g/mol. The van der Waals surface area contributed by atoms with Gasteiger partial charge >= 0.3 is 0 Å². The summed E-state index contributed by atoms with van der Waals surface area (Å²) in [5.74, 6) is 0.317. The highest BCUT2D eigenvalue weighted by atomic mass is 16.2. The summed E-state index contributed by atoms with van der Waals surface area (Å²) in [5, 5.41) is 13.8. The number of nitriles is 1. The van der Waals surface area contributed by atoms with Crippen molar-refractivity contribution in [2.75, 3.05) is 13.1 Å². The molecule has 0 aliphatic carbocycles. The van der Waals surface area contributed by atoms with Gasteiger partial charge in [0.2, 0.25) is 5.91 Å². The van der Waals surface area contributed by atoms with Gasteiger partial charge in [0.1, 0.15) is 0 Å². The Kier molecular flexibility index (Phi) is 5.68. The molecule has 148 valence electrons. The first-order valence-corrected chi connectivity index (χ1v) is 10.8. The van der Waals surface area contributed by atoms with E-state index in [1.54, 1.807) is 0 Å². The van der Waals surface area contributed by atoms with Crippen molar-refractivity contribution in [2.24, 2.45) is 0 Å². The summed E-state index contributed by atoms with van der Waals surface area (Å²) in [5.41, 5.74) is 3.16. The van der Waals surface area contributed by atoms with Crippen LogP contribution >= 0.6 is 0 Å². The monoisotopic (exact) mass is 378 g/mol. The number of carbonyl (C=O) groups excluding carboxylic acids is 1. The summed E-state index contributed by atoms with van der Waals surface area (Å²) in [6, 6.07) is 10.8. The van der Waals surface area contributed by atoms with E-state index >= 15 is 0 Å². The van der Waals surface area contributed by atoms with E-state index < -0.39 is 0 Å². The molecule has 1 aromatic heterocycles. The Morgan fingerprint density at radius 3 is 2.89 bits per heavy atom. The molecule has 5 nitrogen and oxygen atoms in total. The van der Waals surface area contributed by atoms with Gasteiger partial charge in [-0.15, -0.1) is 0 Å². The number of likely N-dealkylation sites (tertiary alicyclic amines) is 1. The minimum Gasteiger partial charge on any atom is -0.345 e. The van der Waals surface area contributed by atoms with E-state index in [9.17, 15) is 10.1 Å². The second kappa shape index (κ2) is 8.36. The molecule has 0 spiro atoms. The third-order valence-electron chi connectivity index (χ3n) is 6.44. The Morgan fingerprint density at radius 2 is 2.14 bits per heavy atom. The zero-order chi connectivity index (χ0) is 19.5. The molecule has 0 unspecified atom stereocenters. The van der Waals surface area contributed by atoms with E-state index in [-0.39, 0.29) is 6.04 Å². The van der Waals surface area contributed by atoms with Gasteiger partial charge in [-0.2, -0.15) is 5.26 Å². The van der Waals surface area contributed by atoms with E-state index in [1.807, 2.05) is 18.2 Å². The number of nitrogens with one attached hydrogen (secondary N) is 1. The van der Waals surface area contributed by atoms with E-state index in [0.29, 0.717) is 17.5 Å². The molecular weight excluding hydrogens is 348 g/mol. The first kappa shape index (κ1) is 19.0. The van der Waals surface area contributed by atoms with Crippen LogP contribution in [0.15, 0.2) is 24.3 Å². The van der Waals surface area contributed by atoms with Gasteiger partial charge in [0, 0.05) is 30.3 Å². The van der Waals surface area contributed by atoms with Crippen LogP contribution in [-0.4, -0.2) is 40.5 Å². The number of amides is 1. The van der Waals surface area contributed by atoms with Crippen LogP contribution in [0, 0.1) is 11.3 Å². The minimum absolute atomic E-state index is 0.0343. The van der Waals surface area contributed by atoms with Gasteiger partial charge in [-0.25, -0.2) is 0 Å². The van der Waals surface area contributed by atoms with E-state index in [1.165, 1.54) is 17.5 Å². The maximum Gasteiger partial charge on any atom is 0.239 e. The minimum atomic E-state index is 0.0343. The average Bonchev–Trinajstić information content (AvgIpc) is 3.39. The largest absolute Gasteiger partial charge is 0.345 e. The van der Waals surface area contributed by atoms with Crippen LogP contribution in [0.2, 0.25) is 0 Å². The number of benzene rings is 1. The molecule has 5 heteroatoms. The number of fused-ring (bicyclic) bond motifs is 1. The van der Waals surface area contributed by atoms with Crippen molar-refractivity contribution >= 4 is 16.8 Å². The summed E-state index contributed by atoms with van der Waals surface area (Å²) in [7, 11) is 0. The van der Waals surface area contributed by atoms with Crippen molar-refractivity contribution in [3.8, 4) is 6.07 Å². The predicted octanol–water partition coefficient (Wildman–Crippen LogP) is 3.60. The summed E-state index contributed by atoms with van der Waals surface area (Å²) in [6.07, 6.45) is 7.53. The lowest BCUT2D eigenvalue weighted by molar-refractivity contribution is -0.136. The van der Waals surface area contributed by atoms with Gasteiger partial charge in [0.25, 0.3) is 0 Å². The normalized spacial score (nSPS) is 22.5. The highest BCUT2D eigenvalue weighted by molar-refractivity contribution is 5.83. The molecule has 0 radical (unpaired) electrons. The Hall–Kier alpha value is -2.32. The fraction of sp³-hybridized carbons (Fsp3) is 0.565. The van der Waals surface area contributed by atoms with Crippen molar-refractivity contribution < 1.29 is 4.79 Å². The fourth-order valence-electron chi connectivity index (χ4n) is 4.96. The lowest BCUT2D eigenvalue weighted by Gasteiger charge is -2.37. The smallest absolute Gasteiger partial charge is 0.239 e. The number of hydrogen-bond acceptors (Lipinski definition) is 3. The number of aromatic nitrogens is 1.